The number of halogens is 1. The van der Waals surface area contributed by atoms with Gasteiger partial charge in [-0.25, -0.2) is 21.6 Å². The second-order valence-corrected chi connectivity index (χ2v) is 12.3. The van der Waals surface area contributed by atoms with Crippen molar-refractivity contribution >= 4 is 37.5 Å². The lowest BCUT2D eigenvalue weighted by atomic mass is 9.96. The summed E-state index contributed by atoms with van der Waals surface area (Å²) in [5, 5.41) is 5.93. The number of benzene rings is 1. The molecule has 2 amide bonds. The van der Waals surface area contributed by atoms with Crippen LogP contribution in [0.1, 0.15) is 44.9 Å². The van der Waals surface area contributed by atoms with Gasteiger partial charge in [0.1, 0.15) is 4.90 Å². The summed E-state index contributed by atoms with van der Waals surface area (Å²) in [7, 11) is -7.51. The number of sulfone groups is 1. The van der Waals surface area contributed by atoms with E-state index < -0.39 is 19.9 Å². The quantitative estimate of drug-likeness (QED) is 0.676. The summed E-state index contributed by atoms with van der Waals surface area (Å²) < 4.78 is 50.9. The van der Waals surface area contributed by atoms with E-state index >= 15 is 0 Å². The Labute approximate surface area is 183 Å². The molecule has 1 aliphatic heterocycles. The predicted molar refractivity (Wildman–Crippen MR) is 115 cm³/mol. The maximum Gasteiger partial charge on any atom is 0.315 e. The number of sulfonamides is 1. The first-order chi connectivity index (χ1) is 14.1. The number of urea groups is 1. The van der Waals surface area contributed by atoms with Crippen LogP contribution in [0.15, 0.2) is 28.0 Å². The minimum Gasteiger partial charge on any atom is -0.335 e. The van der Waals surface area contributed by atoms with E-state index in [-0.39, 0.29) is 46.0 Å². The third kappa shape index (κ3) is 5.66. The van der Waals surface area contributed by atoms with Gasteiger partial charge in [0.2, 0.25) is 10.0 Å². The van der Waals surface area contributed by atoms with E-state index in [0.717, 1.165) is 38.0 Å². The Bertz CT molecular complexity index is 983. The van der Waals surface area contributed by atoms with Crippen LogP contribution in [0.3, 0.4) is 0 Å². The molecule has 1 saturated heterocycles. The molecule has 0 spiro atoms. The summed E-state index contributed by atoms with van der Waals surface area (Å²) in [5.74, 6) is 0. The molecule has 0 aromatic heterocycles. The van der Waals surface area contributed by atoms with Gasteiger partial charge in [-0.15, -0.1) is 0 Å². The monoisotopic (exact) mass is 477 g/mol. The number of piperidine rings is 1. The summed E-state index contributed by atoms with van der Waals surface area (Å²) in [6.45, 7) is 0.437. The molecule has 0 unspecified atom stereocenters. The van der Waals surface area contributed by atoms with Crippen LogP contribution in [-0.2, 0) is 19.9 Å². The average Bonchev–Trinajstić information content (AvgIpc) is 2.68. The topological polar surface area (TPSA) is 113 Å². The van der Waals surface area contributed by atoms with Gasteiger partial charge in [-0.2, -0.15) is 4.31 Å². The molecule has 0 radical (unpaired) electrons. The van der Waals surface area contributed by atoms with E-state index in [2.05, 4.69) is 10.6 Å². The van der Waals surface area contributed by atoms with Crippen LogP contribution in [0.25, 0.3) is 0 Å². The van der Waals surface area contributed by atoms with Crippen molar-refractivity contribution in [3.05, 3.63) is 23.2 Å². The first-order valence-electron chi connectivity index (χ1n) is 10.1. The first-order valence-corrected chi connectivity index (χ1v) is 13.8. The number of amides is 2. The fraction of sp³-hybridized carbons (Fsp3) is 0.632. The molecule has 1 heterocycles. The van der Waals surface area contributed by atoms with Crippen molar-refractivity contribution in [2.24, 2.45) is 0 Å². The Kier molecular flexibility index (Phi) is 7.32. The van der Waals surface area contributed by atoms with Gasteiger partial charge in [-0.1, -0.05) is 30.9 Å². The highest BCUT2D eigenvalue weighted by Gasteiger charge is 2.32. The van der Waals surface area contributed by atoms with Gasteiger partial charge in [-0.05, 0) is 43.9 Å². The Morgan fingerprint density at radius 1 is 0.967 bits per heavy atom. The molecule has 1 aromatic rings. The minimum atomic E-state index is -3.94. The number of nitrogens with zero attached hydrogens (tertiary/aromatic N) is 1. The number of hydrogen-bond acceptors (Lipinski definition) is 5. The van der Waals surface area contributed by atoms with E-state index in [4.69, 9.17) is 11.6 Å². The van der Waals surface area contributed by atoms with Gasteiger partial charge in [-0.3, -0.25) is 0 Å². The summed E-state index contributed by atoms with van der Waals surface area (Å²) in [6.07, 6.45) is 7.43. The van der Waals surface area contributed by atoms with Crippen LogP contribution in [-0.4, -0.2) is 58.6 Å². The normalized spacial score (nSPS) is 20.1. The van der Waals surface area contributed by atoms with Gasteiger partial charge in [0.05, 0.1) is 9.92 Å². The van der Waals surface area contributed by atoms with Crippen LogP contribution >= 0.6 is 11.6 Å². The average molecular weight is 478 g/mol. The second-order valence-electron chi connectivity index (χ2n) is 8.00. The molecule has 2 N–H and O–H groups in total. The number of nitrogens with one attached hydrogen (secondary N) is 2. The van der Waals surface area contributed by atoms with Crippen molar-refractivity contribution < 1.29 is 21.6 Å². The number of carbonyl (C=O) groups excluding carboxylic acids is 1. The fourth-order valence-corrected chi connectivity index (χ4v) is 6.64. The minimum absolute atomic E-state index is 0.0190. The highest BCUT2D eigenvalue weighted by atomic mass is 35.5. The Morgan fingerprint density at radius 3 is 2.10 bits per heavy atom. The Balaban J connectivity index is 1.61. The lowest BCUT2D eigenvalue weighted by Crippen LogP contribution is -2.51. The Hall–Kier alpha value is -1.36. The van der Waals surface area contributed by atoms with Crippen molar-refractivity contribution in [3.63, 3.8) is 0 Å². The standard InChI is InChI=1S/C19H28ClN3O5S2/c1-29(25,26)16-7-8-17(20)18(13-16)30(27,28)23-11-9-15(10-12-23)22-19(24)21-14-5-3-2-4-6-14/h7-8,13-15H,2-6,9-12H2,1H3,(H2,21,22,24). The van der Waals surface area contributed by atoms with Crippen molar-refractivity contribution in [2.45, 2.75) is 66.8 Å². The fourth-order valence-electron chi connectivity index (χ4n) is 3.95. The van der Waals surface area contributed by atoms with Crippen LogP contribution in [0.4, 0.5) is 4.79 Å². The van der Waals surface area contributed by atoms with E-state index in [1.807, 2.05) is 0 Å². The van der Waals surface area contributed by atoms with Crippen LogP contribution in [0, 0.1) is 0 Å². The third-order valence-electron chi connectivity index (χ3n) is 5.68. The summed E-state index contributed by atoms with van der Waals surface area (Å²) in [5.41, 5.74) is 0. The van der Waals surface area contributed by atoms with E-state index in [0.29, 0.717) is 12.8 Å². The van der Waals surface area contributed by atoms with E-state index in [1.165, 1.54) is 22.9 Å². The van der Waals surface area contributed by atoms with Crippen LogP contribution in [0.5, 0.6) is 0 Å². The maximum absolute atomic E-state index is 13.0. The smallest absolute Gasteiger partial charge is 0.315 e. The zero-order chi connectivity index (χ0) is 21.9. The van der Waals surface area contributed by atoms with Crippen molar-refractivity contribution in [1.82, 2.24) is 14.9 Å². The molecule has 0 bridgehead atoms. The number of hydrogen-bond donors (Lipinski definition) is 2. The zero-order valence-corrected chi connectivity index (χ0v) is 19.3. The Morgan fingerprint density at radius 2 is 1.53 bits per heavy atom. The van der Waals surface area contributed by atoms with Crippen LogP contribution in [0.2, 0.25) is 5.02 Å². The van der Waals surface area contributed by atoms with Crippen LogP contribution < -0.4 is 10.6 Å². The second kappa shape index (κ2) is 9.42. The molecule has 1 saturated carbocycles. The molecule has 11 heteroatoms. The molecule has 30 heavy (non-hydrogen) atoms. The molecule has 2 aliphatic rings. The predicted octanol–water partition coefficient (Wildman–Crippen LogP) is 2.53. The first kappa shape index (κ1) is 23.3. The van der Waals surface area contributed by atoms with Gasteiger partial charge >= 0.3 is 6.03 Å². The molecule has 3 rings (SSSR count). The SMILES string of the molecule is CS(=O)(=O)c1ccc(Cl)c(S(=O)(=O)N2CCC(NC(=O)NC3CCCCC3)CC2)c1. The van der Waals surface area contributed by atoms with Gasteiger partial charge < -0.3 is 10.6 Å². The lowest BCUT2D eigenvalue weighted by molar-refractivity contribution is 0.220. The molecule has 8 nitrogen and oxygen atoms in total. The highest BCUT2D eigenvalue weighted by molar-refractivity contribution is 7.91. The summed E-state index contributed by atoms with van der Waals surface area (Å²) in [4.78, 5) is 11.9. The maximum atomic E-state index is 13.0. The largest absolute Gasteiger partial charge is 0.335 e. The molecule has 1 aliphatic carbocycles. The van der Waals surface area contributed by atoms with Crippen molar-refractivity contribution in [1.29, 1.82) is 0 Å². The third-order valence-corrected chi connectivity index (χ3v) is 9.17. The molecule has 0 atom stereocenters. The van der Waals surface area contributed by atoms with Crippen molar-refractivity contribution in [2.75, 3.05) is 19.3 Å². The van der Waals surface area contributed by atoms with Gasteiger partial charge in [0.25, 0.3) is 0 Å². The van der Waals surface area contributed by atoms with E-state index in [1.54, 1.807) is 0 Å². The zero-order valence-electron chi connectivity index (χ0n) is 16.9. The molecular formula is C19H28ClN3O5S2. The van der Waals surface area contributed by atoms with Gasteiger partial charge in [0, 0.05) is 31.4 Å². The number of carbonyl (C=O) groups is 1. The summed E-state index contributed by atoms with van der Waals surface area (Å²) >= 11 is 6.07. The number of rotatable bonds is 5. The summed E-state index contributed by atoms with van der Waals surface area (Å²) in [6, 6.07) is 3.58. The molecule has 1 aromatic carbocycles. The highest BCUT2D eigenvalue weighted by Crippen LogP contribution is 2.29. The molecular weight excluding hydrogens is 450 g/mol. The van der Waals surface area contributed by atoms with E-state index in [9.17, 15) is 21.6 Å². The van der Waals surface area contributed by atoms with Crippen molar-refractivity contribution in [3.8, 4) is 0 Å². The molecule has 2 fully saturated rings. The molecule has 168 valence electrons. The van der Waals surface area contributed by atoms with Gasteiger partial charge in [0.15, 0.2) is 9.84 Å². The lowest BCUT2D eigenvalue weighted by Gasteiger charge is -2.32.